The molecule has 4 aromatic heterocycles. The molecule has 66 heavy (non-hydrogen) atoms. The molecule has 2 aliphatic rings. The van der Waals surface area contributed by atoms with Crippen LogP contribution in [0.5, 0.6) is 0 Å². The van der Waals surface area contributed by atoms with Gasteiger partial charge in [-0.15, -0.1) is 0 Å². The summed E-state index contributed by atoms with van der Waals surface area (Å²) in [4.78, 5) is 50.3. The highest BCUT2D eigenvalue weighted by Crippen LogP contribution is 2.24. The largest absolute Gasteiger partial charge is 0.336 e. The van der Waals surface area contributed by atoms with Crippen molar-refractivity contribution < 1.29 is 9.59 Å². The average molecular weight is 982 g/mol. The number of piperazine rings is 2. The highest BCUT2D eigenvalue weighted by Gasteiger charge is 2.26. The third kappa shape index (κ3) is 15.2. The highest BCUT2D eigenvalue weighted by molar-refractivity contribution is 9.10. The van der Waals surface area contributed by atoms with E-state index in [1.54, 1.807) is 40.2 Å². The van der Waals surface area contributed by atoms with Gasteiger partial charge in [-0.3, -0.25) is 28.8 Å². The molecule has 0 spiro atoms. The van der Waals surface area contributed by atoms with Gasteiger partial charge in [0, 0.05) is 101 Å². The summed E-state index contributed by atoms with van der Waals surface area (Å²) in [5.74, 6) is 2.64. The number of nitrogens with one attached hydrogen (secondary N) is 2. The number of anilines is 4. The molecule has 2 aromatic carbocycles. The molecule has 2 aliphatic heterocycles. The van der Waals surface area contributed by atoms with Crippen molar-refractivity contribution in [3.8, 4) is 11.3 Å². The van der Waals surface area contributed by atoms with E-state index in [4.69, 9.17) is 11.6 Å². The van der Waals surface area contributed by atoms with Crippen LogP contribution in [0.15, 0.2) is 90.2 Å². The average Bonchev–Trinajstić information content (AvgIpc) is 3.87. The van der Waals surface area contributed by atoms with E-state index in [2.05, 4.69) is 138 Å². The lowest BCUT2D eigenvalue weighted by Crippen LogP contribution is -2.50. The molecule has 2 N–H and O–H groups in total. The van der Waals surface area contributed by atoms with Crippen LogP contribution in [0.1, 0.15) is 49.9 Å². The lowest BCUT2D eigenvalue weighted by molar-refractivity contribution is -0.137. The summed E-state index contributed by atoms with van der Waals surface area (Å²) in [6, 6.07) is 16.1. The Morgan fingerprint density at radius 1 is 0.667 bits per heavy atom. The van der Waals surface area contributed by atoms with E-state index in [0.29, 0.717) is 48.5 Å². The molecule has 0 bridgehead atoms. The Morgan fingerprint density at radius 2 is 1.17 bits per heavy atom. The number of hydrogen-bond donors (Lipinski definition) is 2. The number of benzene rings is 2. The lowest BCUT2D eigenvalue weighted by Gasteiger charge is -2.35. The second kappa shape index (κ2) is 23.6. The minimum absolute atomic E-state index is 0.210. The Labute approximate surface area is 401 Å². The van der Waals surface area contributed by atoms with Crippen LogP contribution in [0.4, 0.5) is 23.3 Å². The van der Waals surface area contributed by atoms with Crippen LogP contribution in [-0.2, 0) is 36.8 Å². The molecule has 350 valence electrons. The van der Waals surface area contributed by atoms with Crippen LogP contribution >= 0.6 is 27.5 Å². The molecular weight excluding hydrogens is 920 g/mol. The zero-order valence-electron chi connectivity index (χ0n) is 39.2. The van der Waals surface area contributed by atoms with Gasteiger partial charge in [0.15, 0.2) is 0 Å². The molecule has 2 fully saturated rings. The zero-order valence-corrected chi connectivity index (χ0v) is 41.6. The Kier molecular flexibility index (Phi) is 17.8. The molecule has 2 saturated heterocycles. The van der Waals surface area contributed by atoms with Crippen molar-refractivity contribution in [1.29, 1.82) is 0 Å². The van der Waals surface area contributed by atoms with Gasteiger partial charge < -0.3 is 20.4 Å². The first kappa shape index (κ1) is 49.7. The van der Waals surface area contributed by atoms with Crippen LogP contribution in [0, 0.1) is 25.7 Å². The van der Waals surface area contributed by atoms with Crippen molar-refractivity contribution in [3.63, 3.8) is 0 Å². The zero-order chi connectivity index (χ0) is 47.3. The number of amides is 2. The maximum absolute atomic E-state index is 12.6. The van der Waals surface area contributed by atoms with Gasteiger partial charge in [-0.1, -0.05) is 73.4 Å². The van der Waals surface area contributed by atoms with Crippen LogP contribution in [-0.4, -0.2) is 123 Å². The fourth-order valence-corrected chi connectivity index (χ4v) is 8.29. The molecule has 0 atom stereocenters. The molecule has 0 radical (unpaired) electrons. The minimum Gasteiger partial charge on any atom is -0.336 e. The van der Waals surface area contributed by atoms with Crippen LogP contribution in [0.25, 0.3) is 11.3 Å². The Hall–Kier alpha value is -5.75. The quantitative estimate of drug-likeness (QED) is 0.108. The molecular formula is C48H62BrClN14O2. The van der Waals surface area contributed by atoms with Crippen LogP contribution < -0.4 is 10.6 Å². The number of aromatic nitrogens is 8. The van der Waals surface area contributed by atoms with Gasteiger partial charge in [-0.25, -0.2) is 19.9 Å². The van der Waals surface area contributed by atoms with Crippen molar-refractivity contribution in [3.05, 3.63) is 118 Å². The summed E-state index contributed by atoms with van der Waals surface area (Å²) < 4.78 is 4.50. The van der Waals surface area contributed by atoms with Gasteiger partial charge in [0.1, 0.15) is 5.15 Å². The predicted octanol–water partition coefficient (Wildman–Crippen LogP) is 7.89. The number of nitrogens with zero attached hydrogens (tertiary/aromatic N) is 12. The molecule has 0 unspecified atom stereocenters. The first-order chi connectivity index (χ1) is 31.6. The molecule has 0 saturated carbocycles. The van der Waals surface area contributed by atoms with E-state index in [1.807, 2.05) is 48.4 Å². The molecule has 8 rings (SSSR count). The number of aryl methyl sites for hydroxylation is 4. The van der Waals surface area contributed by atoms with Crippen molar-refractivity contribution in [2.45, 2.75) is 54.6 Å². The van der Waals surface area contributed by atoms with Gasteiger partial charge in [0.2, 0.25) is 23.7 Å². The Morgan fingerprint density at radius 3 is 1.62 bits per heavy atom. The summed E-state index contributed by atoms with van der Waals surface area (Å²) in [6.07, 6.45) is 10.5. The van der Waals surface area contributed by atoms with Gasteiger partial charge in [0.05, 0.1) is 42.6 Å². The van der Waals surface area contributed by atoms with Crippen molar-refractivity contribution in [2.75, 3.05) is 63.0 Å². The van der Waals surface area contributed by atoms with E-state index in [-0.39, 0.29) is 11.8 Å². The van der Waals surface area contributed by atoms with Crippen LogP contribution in [0.3, 0.4) is 0 Å². The number of carbonyl (C=O) groups excluding carboxylic acids is 2. The third-order valence-electron chi connectivity index (χ3n) is 10.9. The summed E-state index contributed by atoms with van der Waals surface area (Å²) >= 11 is 9.18. The summed E-state index contributed by atoms with van der Waals surface area (Å²) in [5, 5.41) is 14.7. The summed E-state index contributed by atoms with van der Waals surface area (Å²) in [5.41, 5.74) is 8.33. The second-order valence-corrected chi connectivity index (χ2v) is 18.9. The number of carbonyl (C=O) groups is 2. The Bertz CT molecular complexity index is 2540. The highest BCUT2D eigenvalue weighted by atomic mass is 79.9. The van der Waals surface area contributed by atoms with E-state index in [1.165, 1.54) is 16.7 Å². The van der Waals surface area contributed by atoms with Crippen molar-refractivity contribution in [1.82, 2.24) is 59.1 Å². The molecule has 16 nitrogen and oxygen atoms in total. The van der Waals surface area contributed by atoms with Gasteiger partial charge >= 0.3 is 0 Å². The lowest BCUT2D eigenvalue weighted by atomic mass is 10.0. The van der Waals surface area contributed by atoms with E-state index >= 15 is 0 Å². The molecule has 2 amide bonds. The standard InChI is InChI=1S/C24H31N7O.C16H23BrN2O.C8H8ClN5/c1-17(2)13-30-9-10-31(23(32)16-30)14-20-6-5-19(11-18(20)3)22-7-8-25-24(28-22)27-21-12-26-29(4)15-21;1-12(2)9-18-6-7-19(16(20)11-18)10-14-4-5-15(17)8-13(14)3;1-14-5-6(4-11-14)12-8-10-3-2-7(9)13-8/h5-8,11-12,15,17H,9-10,13-14,16H2,1-4H3,(H,25,27,28);4-5,8,12H,6-7,9-11H2,1-3H3;2-5H,1H3,(H,10,12,13). The van der Waals surface area contributed by atoms with E-state index in [0.717, 1.165) is 78.5 Å². The smallest absolute Gasteiger partial charge is 0.237 e. The van der Waals surface area contributed by atoms with Crippen molar-refractivity contribution in [2.24, 2.45) is 25.9 Å². The fourth-order valence-electron chi connectivity index (χ4n) is 7.68. The van der Waals surface area contributed by atoms with Gasteiger partial charge in [-0.2, -0.15) is 10.2 Å². The summed E-state index contributed by atoms with van der Waals surface area (Å²) in [6.45, 7) is 21.0. The normalized spacial score (nSPS) is 14.5. The number of halogens is 2. The third-order valence-corrected chi connectivity index (χ3v) is 11.6. The van der Waals surface area contributed by atoms with Gasteiger partial charge in [0.25, 0.3) is 0 Å². The molecule has 6 aromatic rings. The van der Waals surface area contributed by atoms with Gasteiger partial charge in [-0.05, 0) is 78.3 Å². The van der Waals surface area contributed by atoms with E-state index in [9.17, 15) is 9.59 Å². The minimum atomic E-state index is 0.210. The molecule has 0 aliphatic carbocycles. The van der Waals surface area contributed by atoms with Crippen molar-refractivity contribution >= 4 is 62.6 Å². The predicted molar refractivity (Wildman–Crippen MR) is 264 cm³/mol. The first-order valence-electron chi connectivity index (χ1n) is 22.2. The Balaban J connectivity index is 0.000000180. The van der Waals surface area contributed by atoms with E-state index < -0.39 is 0 Å². The summed E-state index contributed by atoms with van der Waals surface area (Å²) in [7, 11) is 3.70. The molecule has 6 heterocycles. The maximum Gasteiger partial charge on any atom is 0.237 e. The van der Waals surface area contributed by atoms with Crippen LogP contribution in [0.2, 0.25) is 5.15 Å². The molecule has 18 heteroatoms. The number of rotatable bonds is 13. The topological polar surface area (TPSA) is 158 Å². The number of hydrogen-bond acceptors (Lipinski definition) is 12. The second-order valence-electron chi connectivity index (χ2n) is 17.6. The fraction of sp³-hybridized carbons (Fsp3) is 0.417. The monoisotopic (exact) mass is 980 g/mol. The SMILES string of the molecule is Cc1cc(-c2ccnc(Nc3cnn(C)c3)n2)ccc1CN1CCN(CC(C)C)CC1=O.Cc1cc(Br)ccc1CN1CCN(CC(C)C)CC1=O.Cn1cc(Nc2nccc(Cl)n2)cn1. The maximum atomic E-state index is 12.6. The first-order valence-corrected chi connectivity index (χ1v) is 23.4.